The van der Waals surface area contributed by atoms with Gasteiger partial charge in [-0.3, -0.25) is 14.1 Å². The molecule has 3 aromatic heterocycles. The topological polar surface area (TPSA) is 66.6 Å². The van der Waals surface area contributed by atoms with Crippen molar-refractivity contribution in [1.82, 2.24) is 29.2 Å². The highest BCUT2D eigenvalue weighted by Gasteiger charge is 2.28. The Morgan fingerprint density at radius 3 is 2.71 bits per heavy atom. The minimum absolute atomic E-state index is 0.0298. The lowest BCUT2D eigenvalue weighted by Gasteiger charge is -2.37. The second-order valence-electron chi connectivity index (χ2n) is 6.98. The maximum atomic E-state index is 12.8. The van der Waals surface area contributed by atoms with Gasteiger partial charge < -0.3 is 4.90 Å². The molecule has 0 aliphatic carbocycles. The average Bonchev–Trinajstić information content (AvgIpc) is 3.37. The van der Waals surface area contributed by atoms with E-state index in [0.29, 0.717) is 24.6 Å². The van der Waals surface area contributed by atoms with Gasteiger partial charge in [0.1, 0.15) is 10.7 Å². The van der Waals surface area contributed by atoms with Crippen LogP contribution in [0.25, 0.3) is 16.0 Å². The molecule has 142 valence electrons. The summed E-state index contributed by atoms with van der Waals surface area (Å²) < 4.78 is 3.00. The number of hydrogen-bond acceptors (Lipinski definition) is 6. The van der Waals surface area contributed by atoms with Crippen LogP contribution in [0.15, 0.2) is 48.9 Å². The highest BCUT2D eigenvalue weighted by molar-refractivity contribution is 7.18. The fraction of sp³-hybridized carbons (Fsp3) is 0.300. The minimum atomic E-state index is -0.0298. The summed E-state index contributed by atoms with van der Waals surface area (Å²) in [4.78, 5) is 30.4. The SMILES string of the molecule is C[C@@H](c1nc2ccccc2s1)N1CCN(C(=O)c2cn3cccnc3n2)CC1. The first-order valence-corrected chi connectivity index (χ1v) is 10.2. The fourth-order valence-electron chi connectivity index (χ4n) is 3.63. The summed E-state index contributed by atoms with van der Waals surface area (Å²) in [6.07, 6.45) is 5.28. The Bertz CT molecular complexity index is 1080. The summed E-state index contributed by atoms with van der Waals surface area (Å²) >= 11 is 1.75. The molecular weight excluding hydrogens is 372 g/mol. The number of aromatic nitrogens is 4. The highest BCUT2D eigenvalue weighted by Crippen LogP contribution is 2.30. The molecular formula is C20H20N6OS. The predicted octanol–water partition coefficient (Wildman–Crippen LogP) is 2.86. The number of imidazole rings is 1. The molecule has 8 heteroatoms. The van der Waals surface area contributed by atoms with Crippen LogP contribution in [0.5, 0.6) is 0 Å². The lowest BCUT2D eigenvalue weighted by molar-refractivity contribution is 0.0577. The summed E-state index contributed by atoms with van der Waals surface area (Å²) in [6.45, 7) is 5.23. The Morgan fingerprint density at radius 1 is 1.11 bits per heavy atom. The summed E-state index contributed by atoms with van der Waals surface area (Å²) in [6, 6.07) is 10.3. The molecule has 0 unspecified atom stereocenters. The second kappa shape index (κ2) is 6.96. The summed E-state index contributed by atoms with van der Waals surface area (Å²) in [5.74, 6) is 0.520. The van der Waals surface area contributed by atoms with Crippen LogP contribution in [-0.2, 0) is 0 Å². The molecule has 7 nitrogen and oxygen atoms in total. The first kappa shape index (κ1) is 17.3. The molecule has 1 aliphatic heterocycles. The van der Waals surface area contributed by atoms with E-state index in [1.54, 1.807) is 28.1 Å². The molecule has 0 spiro atoms. The third-order valence-corrected chi connectivity index (χ3v) is 6.48. The van der Waals surface area contributed by atoms with Crippen molar-refractivity contribution in [2.24, 2.45) is 0 Å². The number of para-hydroxylation sites is 1. The molecule has 1 aliphatic rings. The summed E-state index contributed by atoms with van der Waals surface area (Å²) in [5.41, 5.74) is 1.51. The van der Waals surface area contributed by atoms with E-state index in [1.807, 2.05) is 29.3 Å². The van der Waals surface area contributed by atoms with Crippen molar-refractivity contribution in [3.05, 3.63) is 59.6 Å². The molecule has 5 rings (SSSR count). The van der Waals surface area contributed by atoms with E-state index in [4.69, 9.17) is 4.98 Å². The number of rotatable bonds is 3. The minimum Gasteiger partial charge on any atom is -0.335 e. The van der Waals surface area contributed by atoms with Crippen LogP contribution < -0.4 is 0 Å². The Hall–Kier alpha value is -2.84. The van der Waals surface area contributed by atoms with Crippen molar-refractivity contribution in [1.29, 1.82) is 0 Å². The average molecular weight is 392 g/mol. The smallest absolute Gasteiger partial charge is 0.274 e. The molecule has 0 bridgehead atoms. The zero-order chi connectivity index (χ0) is 19.1. The van der Waals surface area contributed by atoms with Gasteiger partial charge in [-0.25, -0.2) is 15.0 Å². The van der Waals surface area contributed by atoms with E-state index in [9.17, 15) is 4.79 Å². The predicted molar refractivity (Wildman–Crippen MR) is 108 cm³/mol. The molecule has 1 amide bonds. The molecule has 0 radical (unpaired) electrons. The Labute approximate surface area is 166 Å². The molecule has 1 fully saturated rings. The van der Waals surface area contributed by atoms with Gasteiger partial charge >= 0.3 is 0 Å². The number of thiazole rings is 1. The van der Waals surface area contributed by atoms with Gasteiger partial charge in [0.25, 0.3) is 5.91 Å². The number of carbonyl (C=O) groups excluding carboxylic acids is 1. The van der Waals surface area contributed by atoms with E-state index in [-0.39, 0.29) is 11.9 Å². The van der Waals surface area contributed by atoms with Crippen LogP contribution in [0.1, 0.15) is 28.5 Å². The lowest BCUT2D eigenvalue weighted by Crippen LogP contribution is -2.49. The van der Waals surface area contributed by atoms with E-state index in [1.165, 1.54) is 4.70 Å². The molecule has 1 aromatic carbocycles. The van der Waals surface area contributed by atoms with Gasteiger partial charge in [0.2, 0.25) is 5.78 Å². The van der Waals surface area contributed by atoms with Crippen molar-refractivity contribution in [3.63, 3.8) is 0 Å². The Morgan fingerprint density at radius 2 is 1.93 bits per heavy atom. The van der Waals surface area contributed by atoms with Crippen LogP contribution in [0.2, 0.25) is 0 Å². The number of piperazine rings is 1. The molecule has 28 heavy (non-hydrogen) atoms. The maximum absolute atomic E-state index is 12.8. The number of carbonyl (C=O) groups is 1. The second-order valence-corrected chi connectivity index (χ2v) is 8.04. The lowest BCUT2D eigenvalue weighted by atomic mass is 10.2. The van der Waals surface area contributed by atoms with Gasteiger partial charge in [0.05, 0.1) is 16.3 Å². The number of nitrogens with zero attached hydrogens (tertiary/aromatic N) is 6. The number of benzene rings is 1. The highest BCUT2D eigenvalue weighted by atomic mass is 32.1. The van der Waals surface area contributed by atoms with Crippen molar-refractivity contribution in [2.75, 3.05) is 26.2 Å². The summed E-state index contributed by atoms with van der Waals surface area (Å²) in [7, 11) is 0. The summed E-state index contributed by atoms with van der Waals surface area (Å²) in [5, 5.41) is 1.13. The zero-order valence-corrected chi connectivity index (χ0v) is 16.3. The fourth-order valence-corrected chi connectivity index (χ4v) is 4.69. The van der Waals surface area contributed by atoms with E-state index >= 15 is 0 Å². The maximum Gasteiger partial charge on any atom is 0.274 e. The first-order valence-electron chi connectivity index (χ1n) is 9.37. The Balaban J connectivity index is 1.27. The zero-order valence-electron chi connectivity index (χ0n) is 15.5. The molecule has 1 saturated heterocycles. The van der Waals surface area contributed by atoms with E-state index in [2.05, 4.69) is 33.9 Å². The van der Waals surface area contributed by atoms with Crippen LogP contribution in [0, 0.1) is 0 Å². The Kier molecular flexibility index (Phi) is 4.29. The first-order chi connectivity index (χ1) is 13.7. The van der Waals surface area contributed by atoms with Gasteiger partial charge in [-0.2, -0.15) is 0 Å². The molecule has 1 atom stereocenters. The van der Waals surface area contributed by atoms with Crippen molar-refractivity contribution < 1.29 is 4.79 Å². The standard InChI is InChI=1S/C20H20N6OS/c1-14(18-22-15-5-2-3-6-17(15)28-18)24-9-11-25(12-10-24)19(27)16-13-26-8-4-7-21-20(26)23-16/h2-8,13-14H,9-12H2,1H3/t14-/m0/s1. The third-order valence-electron chi connectivity index (χ3n) is 5.27. The normalized spacial score (nSPS) is 16.7. The monoisotopic (exact) mass is 392 g/mol. The number of hydrogen-bond donors (Lipinski definition) is 0. The van der Waals surface area contributed by atoms with Gasteiger partial charge in [-0.1, -0.05) is 12.1 Å². The quantitative estimate of drug-likeness (QED) is 0.536. The van der Waals surface area contributed by atoms with Crippen LogP contribution in [-0.4, -0.2) is 61.2 Å². The van der Waals surface area contributed by atoms with E-state index < -0.39 is 0 Å². The van der Waals surface area contributed by atoms with Gasteiger partial charge in [0.15, 0.2) is 0 Å². The number of amides is 1. The number of fused-ring (bicyclic) bond motifs is 2. The van der Waals surface area contributed by atoms with Gasteiger partial charge in [0, 0.05) is 44.8 Å². The molecule has 0 N–H and O–H groups in total. The van der Waals surface area contributed by atoms with Gasteiger partial charge in [-0.15, -0.1) is 11.3 Å². The molecule has 4 heterocycles. The van der Waals surface area contributed by atoms with Crippen LogP contribution >= 0.6 is 11.3 Å². The molecule has 0 saturated carbocycles. The largest absolute Gasteiger partial charge is 0.335 e. The van der Waals surface area contributed by atoms with Crippen molar-refractivity contribution in [3.8, 4) is 0 Å². The third kappa shape index (κ3) is 3.04. The molecule has 4 aromatic rings. The van der Waals surface area contributed by atoms with Crippen LogP contribution in [0.4, 0.5) is 0 Å². The van der Waals surface area contributed by atoms with Crippen LogP contribution in [0.3, 0.4) is 0 Å². The van der Waals surface area contributed by atoms with Crippen molar-refractivity contribution in [2.45, 2.75) is 13.0 Å². The van der Waals surface area contributed by atoms with Gasteiger partial charge in [-0.05, 0) is 25.1 Å². The van der Waals surface area contributed by atoms with Crippen molar-refractivity contribution >= 4 is 33.2 Å². The van der Waals surface area contributed by atoms with E-state index in [0.717, 1.165) is 23.6 Å².